The summed E-state index contributed by atoms with van der Waals surface area (Å²) >= 11 is 4.21. The number of hydrogen-bond donors (Lipinski definition) is 1. The maximum absolute atomic E-state index is 12.7. The maximum atomic E-state index is 12.7. The van der Waals surface area contributed by atoms with Crippen molar-refractivity contribution in [2.75, 3.05) is 0 Å². The third kappa shape index (κ3) is 3.71. The Balaban J connectivity index is 3.34. The minimum absolute atomic E-state index is 0.0304. The predicted molar refractivity (Wildman–Crippen MR) is 62.0 cm³/mol. The average Bonchev–Trinajstić information content (AvgIpc) is 2.23. The lowest BCUT2D eigenvalue weighted by Gasteiger charge is -2.22. The van der Waals surface area contributed by atoms with Crippen molar-refractivity contribution in [3.63, 3.8) is 0 Å². The van der Waals surface area contributed by atoms with Crippen LogP contribution in [0.1, 0.15) is 5.69 Å². The lowest BCUT2D eigenvalue weighted by molar-refractivity contribution is -0.163. The van der Waals surface area contributed by atoms with Gasteiger partial charge < -0.3 is 10.3 Å². The van der Waals surface area contributed by atoms with Gasteiger partial charge in [-0.25, -0.2) is 0 Å². The first kappa shape index (κ1) is 16.5. The summed E-state index contributed by atoms with van der Waals surface area (Å²) in [4.78, 5) is 10.4. The lowest BCUT2D eigenvalue weighted by atomic mass is 10.1. The van der Waals surface area contributed by atoms with Crippen molar-refractivity contribution in [2.24, 2.45) is 11.7 Å². The number of alkyl halides is 6. The van der Waals surface area contributed by atoms with Gasteiger partial charge in [-0.15, -0.1) is 0 Å². The number of aromatic nitrogens is 1. The number of rotatable bonds is 3. The quantitative estimate of drug-likeness (QED) is 0.687. The smallest absolute Gasteiger partial charge is 0.393 e. The SMILES string of the molecule is NC(=S)C(Cn1c(C(F)(F)F)cccc1=O)C(F)(F)F. The van der Waals surface area contributed by atoms with Crippen LogP contribution in [-0.2, 0) is 12.7 Å². The zero-order chi connectivity index (χ0) is 15.7. The molecule has 10 heteroatoms. The van der Waals surface area contributed by atoms with Crippen molar-refractivity contribution < 1.29 is 26.3 Å². The van der Waals surface area contributed by atoms with Crippen molar-refractivity contribution >= 4 is 17.2 Å². The van der Waals surface area contributed by atoms with Crippen molar-refractivity contribution in [1.29, 1.82) is 0 Å². The molecule has 0 amide bonds. The molecule has 1 atom stereocenters. The number of halogens is 6. The van der Waals surface area contributed by atoms with Gasteiger partial charge >= 0.3 is 12.4 Å². The van der Waals surface area contributed by atoms with Gasteiger partial charge in [-0.2, -0.15) is 26.3 Å². The van der Waals surface area contributed by atoms with Gasteiger partial charge in [-0.05, 0) is 6.07 Å². The van der Waals surface area contributed by atoms with Crippen LogP contribution in [0.4, 0.5) is 26.3 Å². The molecular formula is C10H8F6N2OS. The molecule has 0 aliphatic carbocycles. The zero-order valence-corrected chi connectivity index (χ0v) is 10.4. The van der Waals surface area contributed by atoms with Crippen LogP contribution in [0.15, 0.2) is 23.0 Å². The van der Waals surface area contributed by atoms with Crippen molar-refractivity contribution in [2.45, 2.75) is 18.9 Å². The Hall–Kier alpha value is -1.58. The Labute approximate surface area is 114 Å². The predicted octanol–water partition coefficient (Wildman–Crippen LogP) is 2.33. The molecule has 0 aliphatic rings. The third-order valence-electron chi connectivity index (χ3n) is 2.44. The van der Waals surface area contributed by atoms with Crippen LogP contribution < -0.4 is 11.3 Å². The second-order valence-electron chi connectivity index (χ2n) is 3.85. The van der Waals surface area contributed by atoms with Crippen LogP contribution in [0.3, 0.4) is 0 Å². The lowest BCUT2D eigenvalue weighted by Crippen LogP contribution is -2.41. The fourth-order valence-corrected chi connectivity index (χ4v) is 1.70. The van der Waals surface area contributed by atoms with E-state index in [0.717, 1.165) is 12.1 Å². The number of pyridine rings is 1. The standard InChI is InChI=1S/C10H8F6N2OS/c11-9(12,13)5(8(17)20)4-18-6(10(14,15)16)2-1-3-7(18)19/h1-3,5H,4H2,(H2,17,20). The zero-order valence-electron chi connectivity index (χ0n) is 9.63. The Kier molecular flexibility index (Phi) is 4.47. The van der Waals surface area contributed by atoms with Crippen LogP contribution in [0.2, 0.25) is 0 Å². The summed E-state index contributed by atoms with van der Waals surface area (Å²) in [6.07, 6.45) is -9.91. The molecule has 0 saturated heterocycles. The average molecular weight is 318 g/mol. The molecule has 1 rings (SSSR count). The highest BCUT2D eigenvalue weighted by Gasteiger charge is 2.43. The highest BCUT2D eigenvalue weighted by molar-refractivity contribution is 7.80. The minimum atomic E-state index is -4.97. The minimum Gasteiger partial charge on any atom is -0.393 e. The Bertz CT molecular complexity index is 562. The molecule has 2 N–H and O–H groups in total. The van der Waals surface area contributed by atoms with Crippen molar-refractivity contribution in [3.05, 3.63) is 34.2 Å². The third-order valence-corrected chi connectivity index (χ3v) is 2.73. The molecule has 1 unspecified atom stereocenters. The number of thiocarbonyl (C=S) groups is 1. The van der Waals surface area contributed by atoms with E-state index in [1.54, 1.807) is 0 Å². The first-order valence-corrected chi connectivity index (χ1v) is 5.48. The summed E-state index contributed by atoms with van der Waals surface area (Å²) in [7, 11) is 0. The van der Waals surface area contributed by atoms with Crippen LogP contribution in [-0.4, -0.2) is 15.7 Å². The first-order chi connectivity index (χ1) is 8.94. The molecule has 112 valence electrons. The molecule has 1 aromatic rings. The monoisotopic (exact) mass is 318 g/mol. The second kappa shape index (κ2) is 5.43. The molecule has 1 aromatic heterocycles. The maximum Gasteiger partial charge on any atom is 0.431 e. The topological polar surface area (TPSA) is 48.0 Å². The molecule has 0 saturated carbocycles. The van der Waals surface area contributed by atoms with Gasteiger partial charge in [0.1, 0.15) is 11.6 Å². The van der Waals surface area contributed by atoms with Crippen LogP contribution >= 0.6 is 12.2 Å². The highest BCUT2D eigenvalue weighted by Crippen LogP contribution is 2.31. The summed E-state index contributed by atoms with van der Waals surface area (Å²) < 4.78 is 75.9. The van der Waals surface area contributed by atoms with E-state index in [2.05, 4.69) is 12.2 Å². The summed E-state index contributed by atoms with van der Waals surface area (Å²) in [6.45, 7) is -1.31. The fourth-order valence-electron chi connectivity index (χ4n) is 1.49. The Morgan fingerprint density at radius 1 is 1.25 bits per heavy atom. The Morgan fingerprint density at radius 3 is 2.20 bits per heavy atom. The largest absolute Gasteiger partial charge is 0.431 e. The van der Waals surface area contributed by atoms with Gasteiger partial charge in [0, 0.05) is 12.6 Å². The second-order valence-corrected chi connectivity index (χ2v) is 4.33. The molecule has 3 nitrogen and oxygen atoms in total. The summed E-state index contributed by atoms with van der Waals surface area (Å²) in [6, 6.07) is 2.04. The van der Waals surface area contributed by atoms with E-state index in [-0.39, 0.29) is 4.57 Å². The number of hydrogen-bond acceptors (Lipinski definition) is 2. The van der Waals surface area contributed by atoms with E-state index < -0.39 is 41.1 Å². The number of nitrogens with zero attached hydrogens (tertiary/aromatic N) is 1. The molecule has 0 aromatic carbocycles. The van der Waals surface area contributed by atoms with E-state index in [4.69, 9.17) is 5.73 Å². The van der Waals surface area contributed by atoms with Gasteiger partial charge in [0.2, 0.25) is 0 Å². The Morgan fingerprint density at radius 2 is 1.80 bits per heavy atom. The molecular weight excluding hydrogens is 310 g/mol. The van der Waals surface area contributed by atoms with Gasteiger partial charge in [-0.1, -0.05) is 18.3 Å². The summed E-state index contributed by atoms with van der Waals surface area (Å²) in [5.74, 6) is -2.52. The van der Waals surface area contributed by atoms with Crippen molar-refractivity contribution in [3.8, 4) is 0 Å². The van der Waals surface area contributed by atoms with E-state index in [0.29, 0.717) is 6.07 Å². The van der Waals surface area contributed by atoms with Gasteiger partial charge in [0.05, 0.1) is 4.99 Å². The molecule has 1 heterocycles. The van der Waals surface area contributed by atoms with Gasteiger partial charge in [0.15, 0.2) is 0 Å². The summed E-state index contributed by atoms with van der Waals surface area (Å²) in [5.41, 5.74) is 2.19. The highest BCUT2D eigenvalue weighted by atomic mass is 32.1. The summed E-state index contributed by atoms with van der Waals surface area (Å²) in [5, 5.41) is 0. The number of nitrogens with two attached hydrogens (primary N) is 1. The molecule has 0 spiro atoms. The molecule has 0 fully saturated rings. The van der Waals surface area contributed by atoms with Gasteiger partial charge in [-0.3, -0.25) is 4.79 Å². The van der Waals surface area contributed by atoms with Crippen molar-refractivity contribution in [1.82, 2.24) is 4.57 Å². The van der Waals surface area contributed by atoms with E-state index in [1.807, 2.05) is 0 Å². The fraction of sp³-hybridized carbons (Fsp3) is 0.400. The normalized spacial score (nSPS) is 14.1. The van der Waals surface area contributed by atoms with Crippen LogP contribution in [0.5, 0.6) is 0 Å². The van der Waals surface area contributed by atoms with Crippen LogP contribution in [0.25, 0.3) is 0 Å². The molecule has 0 bridgehead atoms. The first-order valence-electron chi connectivity index (χ1n) is 5.07. The molecule has 20 heavy (non-hydrogen) atoms. The van der Waals surface area contributed by atoms with Crippen LogP contribution in [0, 0.1) is 5.92 Å². The van der Waals surface area contributed by atoms with E-state index >= 15 is 0 Å². The van der Waals surface area contributed by atoms with E-state index in [1.165, 1.54) is 0 Å². The van der Waals surface area contributed by atoms with E-state index in [9.17, 15) is 31.1 Å². The molecule has 0 radical (unpaired) electrons. The molecule has 0 aliphatic heterocycles. The van der Waals surface area contributed by atoms with Gasteiger partial charge in [0.25, 0.3) is 5.56 Å².